The lowest BCUT2D eigenvalue weighted by Gasteiger charge is -2.17. The second-order valence-corrected chi connectivity index (χ2v) is 7.76. The molecule has 2 aromatic rings. The minimum absolute atomic E-state index is 0.123. The molecule has 1 saturated carbocycles. The zero-order chi connectivity index (χ0) is 19.4. The average molecular weight is 373 g/mol. The molecule has 5 nitrogen and oxygen atoms in total. The highest BCUT2D eigenvalue weighted by Crippen LogP contribution is 2.53. The zero-order valence-electron chi connectivity index (χ0n) is 15.4. The number of imide groups is 1. The molecule has 140 valence electrons. The van der Waals surface area contributed by atoms with E-state index in [0.717, 1.165) is 12.0 Å². The van der Waals surface area contributed by atoms with Gasteiger partial charge in [0.2, 0.25) is 11.8 Å². The number of aryl methyl sites for hydroxylation is 1. The van der Waals surface area contributed by atoms with E-state index < -0.39 is 5.97 Å². The number of fused-ring (bicyclic) bond motifs is 5. The van der Waals surface area contributed by atoms with Gasteiger partial charge in [-0.3, -0.25) is 14.5 Å². The third kappa shape index (κ3) is 2.50. The van der Waals surface area contributed by atoms with Crippen molar-refractivity contribution in [2.75, 3.05) is 4.90 Å². The first kappa shape index (κ1) is 16.9. The van der Waals surface area contributed by atoms with Gasteiger partial charge in [-0.05, 0) is 61.6 Å². The molecule has 5 rings (SSSR count). The third-order valence-electron chi connectivity index (χ3n) is 6.06. The lowest BCUT2D eigenvalue weighted by molar-refractivity contribution is -0.123. The molecule has 0 spiro atoms. The average Bonchev–Trinajstić information content (AvgIpc) is 3.38. The summed E-state index contributed by atoms with van der Waals surface area (Å²) in [5.41, 5.74) is 1.96. The second kappa shape index (κ2) is 6.16. The normalized spacial score (nSPS) is 27.4. The van der Waals surface area contributed by atoms with Crippen molar-refractivity contribution in [2.24, 2.45) is 23.7 Å². The molecule has 1 heterocycles. The Balaban J connectivity index is 1.34. The quantitative estimate of drug-likeness (QED) is 0.357. The number of anilines is 1. The van der Waals surface area contributed by atoms with E-state index in [4.69, 9.17) is 4.74 Å². The number of ether oxygens (including phenoxy) is 1. The van der Waals surface area contributed by atoms with Crippen molar-refractivity contribution in [2.45, 2.75) is 13.3 Å². The van der Waals surface area contributed by atoms with Crippen molar-refractivity contribution >= 4 is 23.5 Å². The largest absolute Gasteiger partial charge is 0.423 e. The van der Waals surface area contributed by atoms with Crippen LogP contribution in [0.4, 0.5) is 5.69 Å². The van der Waals surface area contributed by atoms with E-state index in [1.165, 1.54) is 4.90 Å². The predicted molar refractivity (Wildman–Crippen MR) is 103 cm³/mol. The molecule has 4 unspecified atom stereocenters. The number of hydrogen-bond donors (Lipinski definition) is 0. The molecule has 5 heteroatoms. The fourth-order valence-electron chi connectivity index (χ4n) is 4.68. The topological polar surface area (TPSA) is 63.7 Å². The highest BCUT2D eigenvalue weighted by atomic mass is 16.5. The van der Waals surface area contributed by atoms with Gasteiger partial charge in [0, 0.05) is 0 Å². The van der Waals surface area contributed by atoms with Crippen LogP contribution in [0.1, 0.15) is 22.3 Å². The van der Waals surface area contributed by atoms with Crippen LogP contribution in [0.15, 0.2) is 60.7 Å². The van der Waals surface area contributed by atoms with E-state index in [1.54, 1.807) is 36.4 Å². The van der Waals surface area contributed by atoms with Gasteiger partial charge < -0.3 is 4.74 Å². The first-order valence-corrected chi connectivity index (χ1v) is 9.48. The Labute approximate surface area is 162 Å². The number of carbonyl (C=O) groups is 3. The maximum atomic E-state index is 12.9. The molecule has 0 aromatic heterocycles. The minimum Gasteiger partial charge on any atom is -0.423 e. The van der Waals surface area contributed by atoms with E-state index in [0.29, 0.717) is 17.0 Å². The summed E-state index contributed by atoms with van der Waals surface area (Å²) < 4.78 is 5.37. The van der Waals surface area contributed by atoms with Gasteiger partial charge in [0.15, 0.2) is 0 Å². The van der Waals surface area contributed by atoms with E-state index in [9.17, 15) is 14.4 Å². The Morgan fingerprint density at radius 2 is 1.46 bits per heavy atom. The van der Waals surface area contributed by atoms with Crippen LogP contribution in [0.3, 0.4) is 0 Å². The summed E-state index contributed by atoms with van der Waals surface area (Å²) in [5, 5.41) is 0. The first-order valence-electron chi connectivity index (χ1n) is 9.48. The summed E-state index contributed by atoms with van der Waals surface area (Å²) in [5.74, 6) is -0.347. The van der Waals surface area contributed by atoms with Crippen LogP contribution < -0.4 is 9.64 Å². The molecule has 28 heavy (non-hydrogen) atoms. The van der Waals surface area contributed by atoms with Gasteiger partial charge in [-0.15, -0.1) is 0 Å². The van der Waals surface area contributed by atoms with Crippen molar-refractivity contribution < 1.29 is 19.1 Å². The summed E-state index contributed by atoms with van der Waals surface area (Å²) in [6.07, 6.45) is 5.06. The molecule has 2 aliphatic carbocycles. The van der Waals surface area contributed by atoms with E-state index in [1.807, 2.05) is 19.1 Å². The van der Waals surface area contributed by atoms with Gasteiger partial charge in [0.1, 0.15) is 5.75 Å². The van der Waals surface area contributed by atoms with Crippen molar-refractivity contribution in [3.05, 3.63) is 71.8 Å². The van der Waals surface area contributed by atoms with Gasteiger partial charge in [-0.1, -0.05) is 29.8 Å². The van der Waals surface area contributed by atoms with Gasteiger partial charge in [0.05, 0.1) is 23.1 Å². The van der Waals surface area contributed by atoms with Gasteiger partial charge in [0.25, 0.3) is 0 Å². The summed E-state index contributed by atoms with van der Waals surface area (Å²) in [6, 6.07) is 13.7. The van der Waals surface area contributed by atoms with Crippen molar-refractivity contribution in [3.8, 4) is 5.75 Å². The maximum absolute atomic E-state index is 12.9. The number of hydrogen-bond acceptors (Lipinski definition) is 4. The van der Waals surface area contributed by atoms with Crippen LogP contribution in [0.25, 0.3) is 0 Å². The highest BCUT2D eigenvalue weighted by molar-refractivity contribution is 6.22. The number of carbonyl (C=O) groups excluding carboxylic acids is 3. The van der Waals surface area contributed by atoms with Crippen molar-refractivity contribution in [3.63, 3.8) is 0 Å². The van der Waals surface area contributed by atoms with Crippen LogP contribution in [-0.4, -0.2) is 17.8 Å². The van der Waals surface area contributed by atoms with Gasteiger partial charge >= 0.3 is 5.97 Å². The molecule has 2 bridgehead atoms. The van der Waals surface area contributed by atoms with E-state index >= 15 is 0 Å². The van der Waals surface area contributed by atoms with E-state index in [-0.39, 0.29) is 35.5 Å². The van der Waals surface area contributed by atoms with Gasteiger partial charge in [-0.25, -0.2) is 4.79 Å². The number of amides is 2. The first-order chi connectivity index (χ1) is 13.5. The zero-order valence-corrected chi connectivity index (χ0v) is 15.4. The van der Waals surface area contributed by atoms with Crippen LogP contribution in [0.2, 0.25) is 0 Å². The number of allylic oxidation sites excluding steroid dienone is 2. The smallest absolute Gasteiger partial charge is 0.343 e. The molecular formula is C23H19NO4. The molecule has 0 N–H and O–H groups in total. The summed E-state index contributed by atoms with van der Waals surface area (Å²) in [7, 11) is 0. The Hall–Kier alpha value is -3.21. The second-order valence-electron chi connectivity index (χ2n) is 7.76. The Bertz CT molecular complexity index is 976. The number of benzene rings is 2. The third-order valence-corrected chi connectivity index (χ3v) is 6.06. The summed E-state index contributed by atoms with van der Waals surface area (Å²) >= 11 is 0. The standard InChI is InChI=1S/C23H19NO4/c1-13-2-10-18(11-3-13)28-23(27)14-6-8-17(9-7-14)24-21(25)19-15-4-5-16(12-15)20(19)22(24)26/h2-11,15-16,19-20H,12H2,1H3. The molecule has 2 fully saturated rings. The molecular weight excluding hydrogens is 354 g/mol. The molecule has 2 aromatic carbocycles. The Morgan fingerprint density at radius 1 is 0.893 bits per heavy atom. The lowest BCUT2D eigenvalue weighted by atomic mass is 9.85. The molecule has 4 atom stereocenters. The maximum Gasteiger partial charge on any atom is 0.343 e. The number of rotatable bonds is 3. The number of esters is 1. The molecule has 2 amide bonds. The van der Waals surface area contributed by atoms with Crippen LogP contribution >= 0.6 is 0 Å². The van der Waals surface area contributed by atoms with E-state index in [2.05, 4.69) is 12.2 Å². The van der Waals surface area contributed by atoms with Crippen LogP contribution in [0, 0.1) is 30.6 Å². The Kier molecular flexibility index (Phi) is 3.72. The van der Waals surface area contributed by atoms with Crippen molar-refractivity contribution in [1.29, 1.82) is 0 Å². The van der Waals surface area contributed by atoms with Gasteiger partial charge in [-0.2, -0.15) is 0 Å². The molecule has 0 radical (unpaired) electrons. The molecule has 3 aliphatic rings. The summed E-state index contributed by atoms with van der Waals surface area (Å²) in [4.78, 5) is 39.3. The van der Waals surface area contributed by atoms with Crippen molar-refractivity contribution in [1.82, 2.24) is 0 Å². The highest BCUT2D eigenvalue weighted by Gasteiger charge is 2.59. The fourth-order valence-corrected chi connectivity index (χ4v) is 4.68. The molecule has 1 saturated heterocycles. The lowest BCUT2D eigenvalue weighted by Crippen LogP contribution is -2.32. The Morgan fingerprint density at radius 3 is 2.04 bits per heavy atom. The van der Waals surface area contributed by atoms with Crippen LogP contribution in [-0.2, 0) is 9.59 Å². The predicted octanol–water partition coefficient (Wildman–Crippen LogP) is 3.53. The fraction of sp³-hybridized carbons (Fsp3) is 0.261. The molecule has 1 aliphatic heterocycles. The van der Waals surface area contributed by atoms with Crippen LogP contribution in [0.5, 0.6) is 5.75 Å². The minimum atomic E-state index is -0.478. The SMILES string of the molecule is Cc1ccc(OC(=O)c2ccc(N3C(=O)C4C5C=CC(C5)C4C3=O)cc2)cc1. The monoisotopic (exact) mass is 373 g/mol. The number of nitrogens with zero attached hydrogens (tertiary/aromatic N) is 1. The summed E-state index contributed by atoms with van der Waals surface area (Å²) in [6.45, 7) is 1.96.